The maximum atomic E-state index is 12.7. The first-order valence-corrected chi connectivity index (χ1v) is 9.10. The number of fused-ring (bicyclic) bond motifs is 1. The van der Waals surface area contributed by atoms with Crippen LogP contribution in [0, 0.1) is 5.92 Å². The Kier molecular flexibility index (Phi) is 5.75. The van der Waals surface area contributed by atoms with Crippen molar-refractivity contribution in [1.82, 2.24) is 20.6 Å². The molecule has 0 aliphatic rings. The molecule has 0 aliphatic carbocycles. The molecule has 3 rings (SSSR count). The fourth-order valence-electron chi connectivity index (χ4n) is 2.75. The number of carbonyl (C=O) groups excluding carboxylic acids is 2. The Bertz CT molecular complexity index is 1110. The van der Waals surface area contributed by atoms with E-state index in [1.54, 1.807) is 42.5 Å². The van der Waals surface area contributed by atoms with Crippen LogP contribution in [0.25, 0.3) is 10.8 Å². The van der Waals surface area contributed by atoms with Crippen LogP contribution in [0.3, 0.4) is 0 Å². The van der Waals surface area contributed by atoms with E-state index in [-0.39, 0.29) is 17.2 Å². The van der Waals surface area contributed by atoms with E-state index >= 15 is 0 Å². The van der Waals surface area contributed by atoms with Gasteiger partial charge in [0, 0.05) is 22.5 Å². The Hall–Kier alpha value is -3.19. The summed E-state index contributed by atoms with van der Waals surface area (Å²) >= 11 is 5.88. The molecule has 0 spiro atoms. The number of nitrogens with zero attached hydrogens (tertiary/aromatic N) is 2. The number of aromatic nitrogens is 2. The summed E-state index contributed by atoms with van der Waals surface area (Å²) in [5.41, 5.74) is 4.79. The van der Waals surface area contributed by atoms with Gasteiger partial charge in [0.25, 0.3) is 17.4 Å². The normalized spacial score (nSPS) is 10.9. The van der Waals surface area contributed by atoms with Crippen LogP contribution in [0.15, 0.2) is 53.3 Å². The highest BCUT2D eigenvalue weighted by molar-refractivity contribution is 6.31. The summed E-state index contributed by atoms with van der Waals surface area (Å²) < 4.78 is 1.28. The second kappa shape index (κ2) is 8.22. The van der Waals surface area contributed by atoms with Crippen molar-refractivity contribution in [3.8, 4) is 0 Å². The van der Waals surface area contributed by atoms with Gasteiger partial charge in [-0.2, -0.15) is 5.10 Å². The van der Waals surface area contributed by atoms with Crippen LogP contribution in [-0.2, 0) is 6.54 Å². The fourth-order valence-corrected chi connectivity index (χ4v) is 2.94. The summed E-state index contributed by atoms with van der Waals surface area (Å²) in [6, 6.07) is 13.1. The van der Waals surface area contributed by atoms with Crippen molar-refractivity contribution in [3.05, 3.63) is 75.2 Å². The highest BCUT2D eigenvalue weighted by Crippen LogP contribution is 2.14. The average molecular weight is 399 g/mol. The highest BCUT2D eigenvalue weighted by Gasteiger charge is 2.18. The van der Waals surface area contributed by atoms with Gasteiger partial charge in [-0.1, -0.05) is 49.7 Å². The van der Waals surface area contributed by atoms with Crippen molar-refractivity contribution in [3.63, 3.8) is 0 Å². The van der Waals surface area contributed by atoms with Crippen LogP contribution in [-0.4, -0.2) is 21.6 Å². The average Bonchev–Trinajstić information content (AvgIpc) is 2.67. The number of halogens is 1. The molecular formula is C20H19ClN4O3. The first kappa shape index (κ1) is 19.6. The predicted octanol–water partition coefficient (Wildman–Crippen LogP) is 2.78. The Morgan fingerprint density at radius 1 is 1.04 bits per heavy atom. The minimum Gasteiger partial charge on any atom is -0.267 e. The van der Waals surface area contributed by atoms with Gasteiger partial charge in [0.1, 0.15) is 0 Å². The van der Waals surface area contributed by atoms with Crippen LogP contribution in [0.5, 0.6) is 0 Å². The molecule has 1 heterocycles. The largest absolute Gasteiger partial charge is 0.290 e. The van der Waals surface area contributed by atoms with E-state index in [4.69, 9.17) is 11.6 Å². The maximum absolute atomic E-state index is 12.7. The molecule has 0 aliphatic heterocycles. The minimum atomic E-state index is -0.621. The van der Waals surface area contributed by atoms with Crippen LogP contribution in [0.4, 0.5) is 0 Å². The number of hydrazine groups is 1. The molecule has 0 atom stereocenters. The second-order valence-electron chi connectivity index (χ2n) is 6.69. The number of hydrogen-bond acceptors (Lipinski definition) is 4. The summed E-state index contributed by atoms with van der Waals surface area (Å²) in [4.78, 5) is 37.5. The monoisotopic (exact) mass is 398 g/mol. The van der Waals surface area contributed by atoms with E-state index in [2.05, 4.69) is 16.0 Å². The summed E-state index contributed by atoms with van der Waals surface area (Å²) in [6.07, 6.45) is 0. The van der Waals surface area contributed by atoms with Crippen LogP contribution in [0.2, 0.25) is 5.02 Å². The van der Waals surface area contributed by atoms with Crippen molar-refractivity contribution >= 4 is 34.2 Å². The molecule has 0 radical (unpaired) electrons. The molecule has 2 aromatic carbocycles. The lowest BCUT2D eigenvalue weighted by molar-refractivity contribution is 0.0843. The van der Waals surface area contributed by atoms with E-state index in [1.807, 2.05) is 13.8 Å². The van der Waals surface area contributed by atoms with Gasteiger partial charge in [0.15, 0.2) is 5.69 Å². The molecular weight excluding hydrogens is 380 g/mol. The smallest absolute Gasteiger partial charge is 0.267 e. The first-order chi connectivity index (χ1) is 13.4. The van der Waals surface area contributed by atoms with Crippen molar-refractivity contribution in [2.24, 2.45) is 5.92 Å². The van der Waals surface area contributed by atoms with Crippen molar-refractivity contribution in [2.75, 3.05) is 0 Å². The molecule has 0 bridgehead atoms. The molecule has 144 valence electrons. The second-order valence-corrected chi connectivity index (χ2v) is 7.13. The van der Waals surface area contributed by atoms with Gasteiger partial charge in [0.2, 0.25) is 0 Å². The quantitative estimate of drug-likeness (QED) is 0.661. The summed E-state index contributed by atoms with van der Waals surface area (Å²) in [7, 11) is 0. The lowest BCUT2D eigenvalue weighted by Crippen LogP contribution is -2.43. The van der Waals surface area contributed by atoms with Gasteiger partial charge < -0.3 is 0 Å². The molecule has 7 nitrogen and oxygen atoms in total. The summed E-state index contributed by atoms with van der Waals surface area (Å²) in [5.74, 6) is -0.968. The fraction of sp³-hybridized carbons (Fsp3) is 0.200. The molecule has 0 saturated carbocycles. The maximum Gasteiger partial charge on any atom is 0.290 e. The van der Waals surface area contributed by atoms with E-state index in [9.17, 15) is 14.4 Å². The number of nitrogens with one attached hydrogen (secondary N) is 2. The Morgan fingerprint density at radius 2 is 1.71 bits per heavy atom. The number of hydrogen-bond donors (Lipinski definition) is 2. The molecule has 2 N–H and O–H groups in total. The Morgan fingerprint density at radius 3 is 2.39 bits per heavy atom. The first-order valence-electron chi connectivity index (χ1n) is 8.73. The number of amides is 2. The van der Waals surface area contributed by atoms with Crippen molar-refractivity contribution in [1.29, 1.82) is 0 Å². The predicted molar refractivity (Wildman–Crippen MR) is 107 cm³/mol. The zero-order chi connectivity index (χ0) is 20.3. The summed E-state index contributed by atoms with van der Waals surface area (Å²) in [6.45, 7) is 4.28. The molecule has 3 aromatic rings. The van der Waals surface area contributed by atoms with Gasteiger partial charge >= 0.3 is 0 Å². The van der Waals surface area contributed by atoms with Gasteiger partial charge in [0.05, 0.1) is 5.39 Å². The Balaban J connectivity index is 1.89. The number of benzene rings is 2. The standard InChI is InChI=1S/C20H19ClN4O3/c1-12(2)11-25-20(28)16-9-4-3-8-15(16)17(24-25)19(27)23-22-18(26)13-6-5-7-14(21)10-13/h3-10,12H,11H2,1-2H3,(H,22,26)(H,23,27). The van der Waals surface area contributed by atoms with E-state index in [0.717, 1.165) is 0 Å². The van der Waals surface area contributed by atoms with Crippen LogP contribution >= 0.6 is 11.6 Å². The topological polar surface area (TPSA) is 93.1 Å². The SMILES string of the molecule is CC(C)Cn1nc(C(=O)NNC(=O)c2cccc(Cl)c2)c2ccccc2c1=O. The third-order valence-electron chi connectivity index (χ3n) is 4.00. The van der Waals surface area contributed by atoms with Gasteiger partial charge in [-0.3, -0.25) is 25.2 Å². The van der Waals surface area contributed by atoms with Gasteiger partial charge in [-0.15, -0.1) is 0 Å². The highest BCUT2D eigenvalue weighted by atomic mass is 35.5. The molecule has 0 fully saturated rings. The Labute approximate surface area is 166 Å². The van der Waals surface area contributed by atoms with Crippen LogP contribution < -0.4 is 16.4 Å². The molecule has 8 heteroatoms. The molecule has 0 unspecified atom stereocenters. The van der Waals surface area contributed by atoms with Gasteiger partial charge in [-0.25, -0.2) is 4.68 Å². The molecule has 0 saturated heterocycles. The minimum absolute atomic E-state index is 0.0576. The lowest BCUT2D eigenvalue weighted by atomic mass is 10.1. The molecule has 2 amide bonds. The third-order valence-corrected chi connectivity index (χ3v) is 4.23. The number of rotatable bonds is 4. The third kappa shape index (κ3) is 4.20. The zero-order valence-electron chi connectivity index (χ0n) is 15.4. The summed E-state index contributed by atoms with van der Waals surface area (Å²) in [5, 5.41) is 5.45. The van der Waals surface area contributed by atoms with Gasteiger partial charge in [-0.05, 0) is 30.2 Å². The number of carbonyl (C=O) groups is 2. The molecule has 1 aromatic heterocycles. The van der Waals surface area contributed by atoms with E-state index in [1.165, 1.54) is 10.7 Å². The lowest BCUT2D eigenvalue weighted by Gasteiger charge is -2.13. The van der Waals surface area contributed by atoms with Crippen LogP contribution in [0.1, 0.15) is 34.7 Å². The van der Waals surface area contributed by atoms with E-state index < -0.39 is 11.8 Å². The van der Waals surface area contributed by atoms with Crippen molar-refractivity contribution < 1.29 is 9.59 Å². The van der Waals surface area contributed by atoms with E-state index in [0.29, 0.717) is 27.9 Å². The zero-order valence-corrected chi connectivity index (χ0v) is 16.2. The van der Waals surface area contributed by atoms with Crippen molar-refractivity contribution in [2.45, 2.75) is 20.4 Å². The molecule has 28 heavy (non-hydrogen) atoms.